The topological polar surface area (TPSA) is 86.1 Å². The van der Waals surface area contributed by atoms with Crippen LogP contribution in [-0.2, 0) is 16.0 Å². The molecule has 0 radical (unpaired) electrons. The maximum atomic E-state index is 12.0. The third-order valence-electron chi connectivity index (χ3n) is 3.75. The van der Waals surface area contributed by atoms with Crippen LogP contribution in [0.4, 0.5) is 0 Å². The molecule has 0 atom stereocenters. The number of halogens is 1. The molecule has 8 heteroatoms. The molecule has 3 rings (SSSR count). The van der Waals surface area contributed by atoms with E-state index >= 15 is 0 Å². The maximum absolute atomic E-state index is 12.0. The third kappa shape index (κ3) is 5.39. The summed E-state index contributed by atoms with van der Waals surface area (Å²) in [5.41, 5.74) is 2.14. The van der Waals surface area contributed by atoms with Crippen LogP contribution in [0.15, 0.2) is 61.2 Å². The summed E-state index contributed by atoms with van der Waals surface area (Å²) in [5.74, 6) is -0.922. The van der Waals surface area contributed by atoms with Gasteiger partial charge in [0.15, 0.2) is 6.61 Å². The molecule has 0 aliphatic rings. The highest BCUT2D eigenvalue weighted by Crippen LogP contribution is 2.11. The summed E-state index contributed by atoms with van der Waals surface area (Å²) in [5, 5.41) is 7.37. The van der Waals surface area contributed by atoms with E-state index in [-0.39, 0.29) is 12.5 Å². The zero-order valence-electron chi connectivity index (χ0n) is 14.3. The van der Waals surface area contributed by atoms with Gasteiger partial charge in [-0.15, -0.1) is 0 Å². The minimum absolute atomic E-state index is 0.334. The van der Waals surface area contributed by atoms with Crippen molar-refractivity contribution in [3.8, 4) is 5.69 Å². The Morgan fingerprint density at radius 3 is 2.67 bits per heavy atom. The SMILES string of the molecule is O=C(COC(=O)c1ccc(-n2cncn2)cc1)NCCc1cccc(Cl)c1. The number of carbonyl (C=O) groups is 2. The Morgan fingerprint density at radius 2 is 1.96 bits per heavy atom. The molecule has 1 aromatic heterocycles. The molecular weight excluding hydrogens is 368 g/mol. The molecule has 1 N–H and O–H groups in total. The Hall–Kier alpha value is -3.19. The second kappa shape index (κ2) is 8.95. The zero-order chi connectivity index (χ0) is 19.1. The van der Waals surface area contributed by atoms with Crippen molar-refractivity contribution < 1.29 is 14.3 Å². The summed E-state index contributed by atoms with van der Waals surface area (Å²) in [7, 11) is 0. The van der Waals surface area contributed by atoms with Gasteiger partial charge in [0, 0.05) is 11.6 Å². The van der Waals surface area contributed by atoms with Crippen molar-refractivity contribution in [2.24, 2.45) is 0 Å². The molecule has 7 nitrogen and oxygen atoms in total. The van der Waals surface area contributed by atoms with Gasteiger partial charge in [-0.05, 0) is 48.4 Å². The van der Waals surface area contributed by atoms with Gasteiger partial charge in [-0.1, -0.05) is 23.7 Å². The van der Waals surface area contributed by atoms with Crippen molar-refractivity contribution >= 4 is 23.5 Å². The van der Waals surface area contributed by atoms with E-state index in [0.29, 0.717) is 23.6 Å². The smallest absolute Gasteiger partial charge is 0.338 e. The highest BCUT2D eigenvalue weighted by atomic mass is 35.5. The van der Waals surface area contributed by atoms with Crippen molar-refractivity contribution in [3.63, 3.8) is 0 Å². The first-order valence-corrected chi connectivity index (χ1v) is 8.63. The Kier molecular flexibility index (Phi) is 6.17. The fourth-order valence-corrected chi connectivity index (χ4v) is 2.61. The first-order valence-electron chi connectivity index (χ1n) is 8.25. The number of nitrogens with one attached hydrogen (secondary N) is 1. The number of benzene rings is 2. The minimum Gasteiger partial charge on any atom is -0.452 e. The predicted octanol–water partition coefficient (Wildman–Crippen LogP) is 2.44. The van der Waals surface area contributed by atoms with E-state index in [9.17, 15) is 9.59 Å². The first kappa shape index (κ1) is 18.6. The van der Waals surface area contributed by atoms with Gasteiger partial charge in [-0.2, -0.15) is 5.10 Å². The maximum Gasteiger partial charge on any atom is 0.338 e. The number of aromatic nitrogens is 3. The van der Waals surface area contributed by atoms with Crippen molar-refractivity contribution in [2.45, 2.75) is 6.42 Å². The van der Waals surface area contributed by atoms with Gasteiger partial charge in [0.2, 0.25) is 0 Å². The summed E-state index contributed by atoms with van der Waals surface area (Å²) in [6, 6.07) is 14.1. The average Bonchev–Trinajstić information content (AvgIpc) is 3.21. The normalized spacial score (nSPS) is 10.4. The van der Waals surface area contributed by atoms with Crippen molar-refractivity contribution in [1.29, 1.82) is 0 Å². The number of hydrogen-bond donors (Lipinski definition) is 1. The summed E-state index contributed by atoms with van der Waals surface area (Å²) < 4.78 is 6.61. The molecule has 138 valence electrons. The van der Waals surface area contributed by atoms with E-state index in [1.54, 1.807) is 41.3 Å². The van der Waals surface area contributed by atoms with Gasteiger partial charge in [-0.3, -0.25) is 4.79 Å². The van der Waals surface area contributed by atoms with Crippen molar-refractivity contribution in [1.82, 2.24) is 20.1 Å². The number of ether oxygens (including phenoxy) is 1. The first-order chi connectivity index (χ1) is 13.1. The van der Waals surface area contributed by atoms with Gasteiger partial charge >= 0.3 is 5.97 Å². The van der Waals surface area contributed by atoms with E-state index in [1.807, 2.05) is 18.2 Å². The number of carbonyl (C=O) groups excluding carboxylic acids is 2. The third-order valence-corrected chi connectivity index (χ3v) is 3.98. The van der Waals surface area contributed by atoms with Crippen LogP contribution in [0.1, 0.15) is 15.9 Å². The molecule has 1 heterocycles. The largest absolute Gasteiger partial charge is 0.452 e. The molecule has 0 aliphatic heterocycles. The van der Waals surface area contributed by atoms with Gasteiger partial charge in [0.1, 0.15) is 12.7 Å². The fraction of sp³-hybridized carbons (Fsp3) is 0.158. The standard InChI is InChI=1S/C19H17ClN4O3/c20-16-3-1-2-14(10-16)8-9-22-18(25)11-27-19(26)15-4-6-17(7-5-15)24-13-21-12-23-24/h1-7,10,12-13H,8-9,11H2,(H,22,25). The molecule has 0 saturated heterocycles. The molecule has 0 fully saturated rings. The van der Waals surface area contributed by atoms with Crippen LogP contribution in [0.25, 0.3) is 5.69 Å². The van der Waals surface area contributed by atoms with Gasteiger partial charge < -0.3 is 10.1 Å². The summed E-state index contributed by atoms with van der Waals surface area (Å²) in [6.45, 7) is 0.0997. The molecule has 27 heavy (non-hydrogen) atoms. The monoisotopic (exact) mass is 384 g/mol. The fourth-order valence-electron chi connectivity index (χ4n) is 2.40. The average molecular weight is 385 g/mol. The Bertz CT molecular complexity index is 911. The van der Waals surface area contributed by atoms with Gasteiger partial charge in [0.05, 0.1) is 11.3 Å². The summed E-state index contributed by atoms with van der Waals surface area (Å²) >= 11 is 5.92. The molecule has 2 aromatic carbocycles. The number of rotatable bonds is 7. The second-order valence-corrected chi connectivity index (χ2v) is 6.13. The van der Waals surface area contributed by atoms with Crippen LogP contribution in [0, 0.1) is 0 Å². The summed E-state index contributed by atoms with van der Waals surface area (Å²) in [4.78, 5) is 27.7. The molecule has 1 amide bonds. The van der Waals surface area contributed by atoms with Crippen molar-refractivity contribution in [3.05, 3.63) is 77.3 Å². The lowest BCUT2D eigenvalue weighted by molar-refractivity contribution is -0.124. The van der Waals surface area contributed by atoms with Crippen LogP contribution in [0.5, 0.6) is 0 Å². The van der Waals surface area contributed by atoms with Crippen LogP contribution in [-0.4, -0.2) is 39.8 Å². The highest BCUT2D eigenvalue weighted by molar-refractivity contribution is 6.30. The van der Waals surface area contributed by atoms with Crippen LogP contribution < -0.4 is 5.32 Å². The molecule has 0 bridgehead atoms. The Balaban J connectivity index is 1.42. The van der Waals surface area contributed by atoms with Gasteiger partial charge in [-0.25, -0.2) is 14.5 Å². The summed E-state index contributed by atoms with van der Waals surface area (Å²) in [6.07, 6.45) is 3.62. The molecule has 3 aromatic rings. The molecular formula is C19H17ClN4O3. The molecule has 0 unspecified atom stereocenters. The van der Waals surface area contributed by atoms with E-state index in [0.717, 1.165) is 11.3 Å². The van der Waals surface area contributed by atoms with Gasteiger partial charge in [0.25, 0.3) is 5.91 Å². The van der Waals surface area contributed by atoms with E-state index in [2.05, 4.69) is 15.4 Å². The predicted molar refractivity (Wildman–Crippen MR) is 99.8 cm³/mol. The number of hydrogen-bond acceptors (Lipinski definition) is 5. The Labute approximate surface area is 160 Å². The quantitative estimate of drug-likeness (QED) is 0.632. The van der Waals surface area contributed by atoms with E-state index in [1.165, 1.54) is 6.33 Å². The lowest BCUT2D eigenvalue weighted by Crippen LogP contribution is -2.30. The lowest BCUT2D eigenvalue weighted by atomic mass is 10.1. The van der Waals surface area contributed by atoms with Crippen molar-refractivity contribution in [2.75, 3.05) is 13.2 Å². The molecule has 0 spiro atoms. The molecule has 0 saturated carbocycles. The van der Waals surface area contributed by atoms with E-state index in [4.69, 9.17) is 16.3 Å². The Morgan fingerprint density at radius 1 is 1.15 bits per heavy atom. The number of amides is 1. The second-order valence-electron chi connectivity index (χ2n) is 5.69. The lowest BCUT2D eigenvalue weighted by Gasteiger charge is -2.07. The van der Waals surface area contributed by atoms with Crippen LogP contribution >= 0.6 is 11.6 Å². The van der Waals surface area contributed by atoms with E-state index < -0.39 is 5.97 Å². The number of esters is 1. The zero-order valence-corrected chi connectivity index (χ0v) is 15.1. The van der Waals surface area contributed by atoms with Crippen LogP contribution in [0.3, 0.4) is 0 Å². The molecule has 0 aliphatic carbocycles. The van der Waals surface area contributed by atoms with Crippen LogP contribution in [0.2, 0.25) is 5.02 Å². The highest BCUT2D eigenvalue weighted by Gasteiger charge is 2.10. The number of nitrogens with zero attached hydrogens (tertiary/aromatic N) is 3. The minimum atomic E-state index is -0.565.